The van der Waals surface area contributed by atoms with Crippen LogP contribution in [0.5, 0.6) is 0 Å². The molecule has 3 nitrogen and oxygen atoms in total. The van der Waals surface area contributed by atoms with Gasteiger partial charge in [-0.25, -0.2) is 5.01 Å². The van der Waals surface area contributed by atoms with Crippen LogP contribution in [0.25, 0.3) is 0 Å². The lowest BCUT2D eigenvalue weighted by Crippen LogP contribution is -2.31. The zero-order valence-electron chi connectivity index (χ0n) is 15.6. The van der Waals surface area contributed by atoms with Gasteiger partial charge in [-0.3, -0.25) is 0 Å². The van der Waals surface area contributed by atoms with Crippen molar-refractivity contribution in [3.8, 4) is 0 Å². The van der Waals surface area contributed by atoms with Crippen molar-refractivity contribution in [1.82, 2.24) is 10.0 Å². The van der Waals surface area contributed by atoms with E-state index in [-0.39, 0.29) is 6.04 Å². The van der Waals surface area contributed by atoms with Crippen LogP contribution >= 0.6 is 7.14 Å². The molecule has 1 aliphatic heterocycles. The van der Waals surface area contributed by atoms with Gasteiger partial charge in [-0.15, -0.1) is 0 Å². The van der Waals surface area contributed by atoms with E-state index in [1.165, 1.54) is 0 Å². The molecule has 1 heterocycles. The Kier molecular flexibility index (Phi) is 4.73. The van der Waals surface area contributed by atoms with E-state index in [0.29, 0.717) is 0 Å². The smallest absolute Gasteiger partial charge is 0.171 e. The molecule has 1 atom stereocenters. The van der Waals surface area contributed by atoms with Crippen LogP contribution in [0.4, 0.5) is 0 Å². The van der Waals surface area contributed by atoms with Crippen molar-refractivity contribution in [1.29, 1.82) is 0 Å². The van der Waals surface area contributed by atoms with Gasteiger partial charge in [0.05, 0.1) is 6.04 Å². The molecule has 3 aromatic rings. The van der Waals surface area contributed by atoms with E-state index in [4.69, 9.17) is 0 Å². The van der Waals surface area contributed by atoms with Crippen molar-refractivity contribution in [2.75, 3.05) is 14.1 Å². The first kappa shape index (κ1) is 17.8. The molecular formula is C23H23N2OP. The quantitative estimate of drug-likeness (QED) is 0.651. The van der Waals surface area contributed by atoms with Gasteiger partial charge in [0, 0.05) is 36.2 Å². The van der Waals surface area contributed by atoms with Gasteiger partial charge in [0.15, 0.2) is 7.14 Å². The Morgan fingerprint density at radius 1 is 0.741 bits per heavy atom. The third kappa shape index (κ3) is 3.14. The molecule has 0 radical (unpaired) electrons. The predicted octanol–water partition coefficient (Wildman–Crippen LogP) is 3.67. The molecule has 0 saturated heterocycles. The van der Waals surface area contributed by atoms with E-state index in [1.807, 2.05) is 79.8 Å². The molecule has 4 rings (SSSR count). The van der Waals surface area contributed by atoms with Crippen molar-refractivity contribution in [2.24, 2.45) is 0 Å². The lowest BCUT2D eigenvalue weighted by molar-refractivity contribution is 0.0737. The average Bonchev–Trinajstić information content (AvgIpc) is 3.07. The average molecular weight is 374 g/mol. The first-order valence-corrected chi connectivity index (χ1v) is 10.8. The maximum atomic E-state index is 14.5. The Hall–Kier alpha value is -2.61. The van der Waals surface area contributed by atoms with Crippen LogP contribution < -0.4 is 15.9 Å². The predicted molar refractivity (Wildman–Crippen MR) is 113 cm³/mol. The van der Waals surface area contributed by atoms with Crippen LogP contribution in [0.1, 0.15) is 11.6 Å². The van der Waals surface area contributed by atoms with Crippen LogP contribution in [0, 0.1) is 0 Å². The summed E-state index contributed by atoms with van der Waals surface area (Å²) < 4.78 is 14.5. The molecule has 0 aromatic heterocycles. The molecule has 0 amide bonds. The second-order valence-electron chi connectivity index (χ2n) is 6.81. The largest absolute Gasteiger partial charge is 0.316 e. The monoisotopic (exact) mass is 374 g/mol. The summed E-state index contributed by atoms with van der Waals surface area (Å²) >= 11 is 0. The summed E-state index contributed by atoms with van der Waals surface area (Å²) in [5.41, 5.74) is 1.14. The van der Waals surface area contributed by atoms with E-state index in [2.05, 4.69) is 41.5 Å². The van der Waals surface area contributed by atoms with E-state index in [9.17, 15) is 4.57 Å². The summed E-state index contributed by atoms with van der Waals surface area (Å²) in [6.07, 6.45) is 4.22. The minimum absolute atomic E-state index is 0.148. The molecule has 0 spiro atoms. The lowest BCUT2D eigenvalue weighted by atomic mass is 10.1. The van der Waals surface area contributed by atoms with E-state index in [0.717, 1.165) is 21.5 Å². The number of hydrazine groups is 1. The Bertz CT molecular complexity index is 958. The number of hydrogen-bond acceptors (Lipinski definition) is 3. The third-order valence-corrected chi connectivity index (χ3v) is 8.26. The zero-order chi connectivity index (χ0) is 18.9. The molecule has 0 N–H and O–H groups in total. The minimum atomic E-state index is -2.93. The maximum absolute atomic E-state index is 14.5. The third-order valence-electron chi connectivity index (χ3n) is 5.20. The molecule has 1 aliphatic rings. The fourth-order valence-corrected chi connectivity index (χ4v) is 6.29. The fraction of sp³-hybridized carbons (Fsp3) is 0.130. The Morgan fingerprint density at radius 3 is 1.81 bits per heavy atom. The molecule has 0 aliphatic carbocycles. The normalized spacial score (nSPS) is 17.4. The zero-order valence-corrected chi connectivity index (χ0v) is 16.5. The number of benzene rings is 3. The van der Waals surface area contributed by atoms with Gasteiger partial charge in [-0.1, -0.05) is 78.9 Å². The Labute approximate surface area is 160 Å². The van der Waals surface area contributed by atoms with Crippen molar-refractivity contribution in [3.63, 3.8) is 0 Å². The number of hydrogen-bond donors (Lipinski definition) is 0. The summed E-state index contributed by atoms with van der Waals surface area (Å²) in [5, 5.41) is 6.82. The van der Waals surface area contributed by atoms with Crippen molar-refractivity contribution >= 4 is 23.1 Å². The molecule has 27 heavy (non-hydrogen) atoms. The SMILES string of the molecule is CN1C=CC(c2cccc(P(=O)(c3ccccc3)c3ccccc3)c2)N1C. The molecule has 1 unspecified atom stereocenters. The highest BCUT2D eigenvalue weighted by Crippen LogP contribution is 2.43. The second-order valence-corrected chi connectivity index (χ2v) is 9.58. The van der Waals surface area contributed by atoms with Gasteiger partial charge in [0.2, 0.25) is 0 Å². The molecular weight excluding hydrogens is 351 g/mol. The Balaban J connectivity index is 1.87. The highest BCUT2D eigenvalue weighted by molar-refractivity contribution is 7.85. The van der Waals surface area contributed by atoms with E-state index in [1.54, 1.807) is 0 Å². The van der Waals surface area contributed by atoms with Gasteiger partial charge in [-0.05, 0) is 17.7 Å². The first-order chi connectivity index (χ1) is 13.1. The Morgan fingerprint density at radius 2 is 1.30 bits per heavy atom. The van der Waals surface area contributed by atoms with Crippen LogP contribution in [0.3, 0.4) is 0 Å². The summed E-state index contributed by atoms with van der Waals surface area (Å²) in [7, 11) is 1.15. The van der Waals surface area contributed by atoms with Gasteiger partial charge in [0.25, 0.3) is 0 Å². The van der Waals surface area contributed by atoms with Gasteiger partial charge >= 0.3 is 0 Å². The standard InChI is InChI=1S/C23H23N2OP/c1-24-17-16-23(25(24)2)19-10-9-15-22(18-19)27(26,20-11-5-3-6-12-20)21-13-7-4-8-14-21/h3-18,23H,1-2H3. The second kappa shape index (κ2) is 7.19. The molecule has 0 saturated carbocycles. The number of rotatable bonds is 4. The topological polar surface area (TPSA) is 23.6 Å². The molecule has 4 heteroatoms. The van der Waals surface area contributed by atoms with Crippen molar-refractivity contribution < 1.29 is 4.57 Å². The molecule has 0 fully saturated rings. The first-order valence-electron chi connectivity index (χ1n) is 9.06. The summed E-state index contributed by atoms with van der Waals surface area (Å²) in [6, 6.07) is 28.0. The summed E-state index contributed by atoms with van der Waals surface area (Å²) in [6.45, 7) is 0. The van der Waals surface area contributed by atoms with Crippen molar-refractivity contribution in [3.05, 3.63) is 103 Å². The molecule has 0 bridgehead atoms. The van der Waals surface area contributed by atoms with Gasteiger partial charge in [0.1, 0.15) is 0 Å². The van der Waals surface area contributed by atoms with E-state index < -0.39 is 7.14 Å². The van der Waals surface area contributed by atoms with Crippen LogP contribution in [0.15, 0.2) is 97.2 Å². The van der Waals surface area contributed by atoms with Crippen LogP contribution in [-0.2, 0) is 4.57 Å². The minimum Gasteiger partial charge on any atom is -0.316 e. The van der Waals surface area contributed by atoms with E-state index >= 15 is 0 Å². The maximum Gasteiger partial charge on any atom is 0.171 e. The fourth-order valence-electron chi connectivity index (χ4n) is 3.59. The highest BCUT2D eigenvalue weighted by atomic mass is 31.2. The summed E-state index contributed by atoms with van der Waals surface area (Å²) in [4.78, 5) is 0. The highest BCUT2D eigenvalue weighted by Gasteiger charge is 2.31. The van der Waals surface area contributed by atoms with Crippen molar-refractivity contribution in [2.45, 2.75) is 6.04 Å². The summed E-state index contributed by atoms with van der Waals surface area (Å²) in [5.74, 6) is 0. The number of nitrogens with zero attached hydrogens (tertiary/aromatic N) is 2. The lowest BCUT2D eigenvalue weighted by Gasteiger charge is -2.27. The van der Waals surface area contributed by atoms with Crippen LogP contribution in [0.2, 0.25) is 0 Å². The molecule has 136 valence electrons. The van der Waals surface area contributed by atoms with Crippen LogP contribution in [-0.4, -0.2) is 24.1 Å². The van der Waals surface area contributed by atoms with Gasteiger partial charge in [-0.2, -0.15) is 0 Å². The number of likely N-dealkylation sites (N-methyl/N-ethyl adjacent to an activating group) is 1. The molecule has 3 aromatic carbocycles. The van der Waals surface area contributed by atoms with Gasteiger partial charge < -0.3 is 9.57 Å².